The van der Waals surface area contributed by atoms with Gasteiger partial charge in [-0.25, -0.2) is 9.97 Å². The van der Waals surface area contributed by atoms with Crippen molar-refractivity contribution in [1.82, 2.24) is 19.5 Å². The lowest BCUT2D eigenvalue weighted by Gasteiger charge is -2.30. The normalized spacial score (nSPS) is 24.6. The number of nitrogens with two attached hydrogens (primary N) is 1. The van der Waals surface area contributed by atoms with Gasteiger partial charge in [0.15, 0.2) is 5.65 Å². The Hall–Kier alpha value is -2.33. The molecule has 9 nitrogen and oxygen atoms in total. The molecule has 0 bridgehead atoms. The summed E-state index contributed by atoms with van der Waals surface area (Å²) in [6, 6.07) is 3.53. The van der Waals surface area contributed by atoms with Crippen molar-refractivity contribution in [3.63, 3.8) is 0 Å². The Morgan fingerprint density at radius 1 is 1.11 bits per heavy atom. The summed E-state index contributed by atoms with van der Waals surface area (Å²) in [5.41, 5.74) is 7.41. The van der Waals surface area contributed by atoms with Crippen molar-refractivity contribution in [1.29, 1.82) is 0 Å². The number of nitrogens with one attached hydrogen (secondary N) is 2. The molecule has 36 heavy (non-hydrogen) atoms. The number of imidazole rings is 1. The van der Waals surface area contributed by atoms with Crippen LogP contribution in [0.3, 0.4) is 0 Å². The maximum atomic E-state index is 11.7. The van der Waals surface area contributed by atoms with Gasteiger partial charge in [-0.05, 0) is 50.2 Å². The second kappa shape index (κ2) is 10.6. The number of primary amides is 1. The summed E-state index contributed by atoms with van der Waals surface area (Å²) in [6.45, 7) is 3.57. The van der Waals surface area contributed by atoms with E-state index in [4.69, 9.17) is 55.2 Å². The lowest BCUT2D eigenvalue weighted by Crippen LogP contribution is -2.36. The number of benzene rings is 1. The number of rotatable bonds is 6. The summed E-state index contributed by atoms with van der Waals surface area (Å²) >= 11 is 19.0. The quantitative estimate of drug-likeness (QED) is 0.365. The highest BCUT2D eigenvalue weighted by atomic mass is 35.5. The van der Waals surface area contributed by atoms with Crippen LogP contribution in [0.5, 0.6) is 0 Å². The van der Waals surface area contributed by atoms with Crippen molar-refractivity contribution in [2.24, 2.45) is 17.6 Å². The van der Waals surface area contributed by atoms with Crippen LogP contribution in [0.15, 0.2) is 18.3 Å². The van der Waals surface area contributed by atoms with E-state index < -0.39 is 0 Å². The number of nitrogens with zero attached hydrogens (tertiary/aromatic N) is 4. The molecule has 192 valence electrons. The SMILES string of the molecule is C[C@H]1COCC[C@@H]1Nc1ncc2nc(Nc3c(Cl)cc(Cl)cc3Cl)n([C@H]3CC[C@H](C(N)=O)CC3)c2n1. The van der Waals surface area contributed by atoms with Crippen LogP contribution in [0.4, 0.5) is 17.6 Å². The number of ether oxygens (including phenoxy) is 1. The summed E-state index contributed by atoms with van der Waals surface area (Å²) in [7, 11) is 0. The molecular weight excluding hydrogens is 525 g/mol. The highest BCUT2D eigenvalue weighted by molar-refractivity contribution is 6.41. The molecule has 12 heteroatoms. The minimum atomic E-state index is -0.249. The standard InChI is InChI=1S/C24H28Cl3N7O2/c1-12-11-36-7-6-18(12)30-23-29-10-19-22(33-23)34(15-4-2-13(3-5-15)21(28)35)24(31-19)32-20-16(26)8-14(25)9-17(20)27/h8-10,12-13,15,18H,2-7,11H2,1H3,(H2,28,35)(H,31,32)(H,29,30,33)/t12-,13-,15-,18-/m0/s1. The topological polar surface area (TPSA) is 120 Å². The zero-order valence-corrected chi connectivity index (χ0v) is 22.1. The van der Waals surface area contributed by atoms with Crippen LogP contribution in [0.25, 0.3) is 11.2 Å². The number of anilines is 3. The Labute approximate surface area is 224 Å². The molecule has 3 aromatic rings. The number of halogens is 3. The molecule has 0 unspecified atom stereocenters. The van der Waals surface area contributed by atoms with Gasteiger partial charge < -0.3 is 21.1 Å². The smallest absolute Gasteiger partial charge is 0.224 e. The fourth-order valence-electron chi connectivity index (χ4n) is 5.05. The van der Waals surface area contributed by atoms with Gasteiger partial charge in [0.05, 0.1) is 28.5 Å². The summed E-state index contributed by atoms with van der Waals surface area (Å²) in [4.78, 5) is 25.9. The van der Waals surface area contributed by atoms with E-state index in [2.05, 4.69) is 27.1 Å². The molecule has 1 aromatic carbocycles. The fraction of sp³-hybridized carbons (Fsp3) is 0.500. The molecule has 2 aromatic heterocycles. The van der Waals surface area contributed by atoms with E-state index in [0.29, 0.717) is 75.8 Å². The molecular formula is C24H28Cl3N7O2. The lowest BCUT2D eigenvalue weighted by atomic mass is 9.85. The Bertz CT molecular complexity index is 1250. The highest BCUT2D eigenvalue weighted by Gasteiger charge is 2.30. The molecule has 2 atom stereocenters. The zero-order valence-electron chi connectivity index (χ0n) is 19.8. The molecule has 1 aliphatic carbocycles. The van der Waals surface area contributed by atoms with Crippen LogP contribution in [0, 0.1) is 11.8 Å². The van der Waals surface area contributed by atoms with Gasteiger partial charge in [-0.2, -0.15) is 4.98 Å². The van der Waals surface area contributed by atoms with Gasteiger partial charge in [0.1, 0.15) is 5.52 Å². The van der Waals surface area contributed by atoms with Gasteiger partial charge >= 0.3 is 0 Å². The third-order valence-electron chi connectivity index (χ3n) is 7.10. The van der Waals surface area contributed by atoms with Crippen molar-refractivity contribution < 1.29 is 9.53 Å². The Balaban J connectivity index is 1.53. The molecule has 4 N–H and O–H groups in total. The molecule has 1 aliphatic heterocycles. The van der Waals surface area contributed by atoms with Crippen molar-refractivity contribution in [2.75, 3.05) is 23.8 Å². The van der Waals surface area contributed by atoms with Gasteiger partial charge in [-0.15, -0.1) is 0 Å². The summed E-state index contributed by atoms with van der Waals surface area (Å²) in [5.74, 6) is 1.07. The number of hydrogen-bond donors (Lipinski definition) is 3. The van der Waals surface area contributed by atoms with Crippen LogP contribution in [-0.2, 0) is 9.53 Å². The summed E-state index contributed by atoms with van der Waals surface area (Å²) in [5, 5.41) is 7.98. The van der Waals surface area contributed by atoms with E-state index in [-0.39, 0.29) is 23.9 Å². The molecule has 3 heterocycles. The highest BCUT2D eigenvalue weighted by Crippen LogP contribution is 2.40. The minimum absolute atomic E-state index is 0.0581. The van der Waals surface area contributed by atoms with Gasteiger partial charge in [-0.1, -0.05) is 41.7 Å². The van der Waals surface area contributed by atoms with E-state index >= 15 is 0 Å². The largest absolute Gasteiger partial charge is 0.381 e. The number of carbonyl (C=O) groups is 1. The van der Waals surface area contributed by atoms with E-state index in [1.165, 1.54) is 0 Å². The van der Waals surface area contributed by atoms with Crippen LogP contribution >= 0.6 is 34.8 Å². The molecule has 2 fully saturated rings. The molecule has 0 spiro atoms. The number of hydrogen-bond acceptors (Lipinski definition) is 7. The van der Waals surface area contributed by atoms with E-state index in [9.17, 15) is 4.79 Å². The first-order valence-corrected chi connectivity index (χ1v) is 13.2. The second-order valence-electron chi connectivity index (χ2n) is 9.58. The van der Waals surface area contributed by atoms with Crippen molar-refractivity contribution in [2.45, 2.75) is 51.1 Å². The monoisotopic (exact) mass is 551 g/mol. The second-order valence-corrected chi connectivity index (χ2v) is 10.8. The van der Waals surface area contributed by atoms with E-state index in [1.54, 1.807) is 18.3 Å². The van der Waals surface area contributed by atoms with Gasteiger partial charge in [0.2, 0.25) is 17.8 Å². The predicted molar refractivity (Wildman–Crippen MR) is 142 cm³/mol. The fourth-order valence-corrected chi connectivity index (χ4v) is 5.96. The minimum Gasteiger partial charge on any atom is -0.381 e. The molecule has 2 aliphatic rings. The van der Waals surface area contributed by atoms with Crippen LogP contribution < -0.4 is 16.4 Å². The van der Waals surface area contributed by atoms with E-state index in [0.717, 1.165) is 19.3 Å². The third kappa shape index (κ3) is 5.20. The maximum absolute atomic E-state index is 11.7. The molecule has 1 saturated carbocycles. The van der Waals surface area contributed by atoms with Crippen molar-refractivity contribution in [3.8, 4) is 0 Å². The Morgan fingerprint density at radius 2 is 1.83 bits per heavy atom. The number of carbonyl (C=O) groups excluding carboxylic acids is 1. The van der Waals surface area contributed by atoms with Crippen molar-refractivity contribution >= 4 is 69.5 Å². The van der Waals surface area contributed by atoms with Crippen molar-refractivity contribution in [3.05, 3.63) is 33.4 Å². The first-order chi connectivity index (χ1) is 17.3. The lowest BCUT2D eigenvalue weighted by molar-refractivity contribution is -0.122. The van der Waals surface area contributed by atoms with Crippen LogP contribution in [0.1, 0.15) is 45.1 Å². The Kier molecular flexibility index (Phi) is 7.44. The van der Waals surface area contributed by atoms with E-state index in [1.807, 2.05) is 0 Å². The average molecular weight is 553 g/mol. The first-order valence-electron chi connectivity index (χ1n) is 12.1. The maximum Gasteiger partial charge on any atom is 0.224 e. The predicted octanol–water partition coefficient (Wildman–Crippen LogP) is 5.58. The van der Waals surface area contributed by atoms with Crippen LogP contribution in [0.2, 0.25) is 15.1 Å². The third-order valence-corrected chi connectivity index (χ3v) is 7.91. The number of fused-ring (bicyclic) bond motifs is 1. The van der Waals surface area contributed by atoms with Gasteiger partial charge in [-0.3, -0.25) is 9.36 Å². The summed E-state index contributed by atoms with van der Waals surface area (Å²) < 4.78 is 7.63. The molecule has 5 rings (SSSR count). The molecule has 0 radical (unpaired) electrons. The zero-order chi connectivity index (χ0) is 25.4. The Morgan fingerprint density at radius 3 is 2.50 bits per heavy atom. The van der Waals surface area contributed by atoms with Gasteiger partial charge in [0, 0.05) is 29.6 Å². The number of amides is 1. The first kappa shape index (κ1) is 25.3. The van der Waals surface area contributed by atoms with Gasteiger partial charge in [0.25, 0.3) is 0 Å². The summed E-state index contributed by atoms with van der Waals surface area (Å²) in [6.07, 6.45) is 5.55. The molecule has 1 saturated heterocycles. The molecule has 1 amide bonds. The number of aromatic nitrogens is 4. The average Bonchev–Trinajstić information content (AvgIpc) is 3.20. The van der Waals surface area contributed by atoms with Crippen LogP contribution in [-0.4, -0.2) is 44.7 Å².